The number of nitrogens with zero attached hydrogens (tertiary/aromatic N) is 2. The number of aromatic amines is 1. The second-order valence-corrected chi connectivity index (χ2v) is 8.10. The quantitative estimate of drug-likeness (QED) is 0.571. The smallest absolute Gasteiger partial charge is 0.267 e. The van der Waals surface area contributed by atoms with E-state index in [1.807, 2.05) is 24.3 Å². The Morgan fingerprint density at radius 2 is 1.82 bits per heavy atom. The summed E-state index contributed by atoms with van der Waals surface area (Å²) in [4.78, 5) is 20.5. The van der Waals surface area contributed by atoms with Gasteiger partial charge in [-0.2, -0.15) is 0 Å². The van der Waals surface area contributed by atoms with Gasteiger partial charge in [-0.3, -0.25) is 9.69 Å². The third-order valence-electron chi connectivity index (χ3n) is 5.26. The third kappa shape index (κ3) is 4.56. The van der Waals surface area contributed by atoms with E-state index < -0.39 is 0 Å². The number of fused-ring (bicyclic) bond motifs is 1. The van der Waals surface area contributed by atoms with Gasteiger partial charge in [0.05, 0.1) is 0 Å². The van der Waals surface area contributed by atoms with Crippen molar-refractivity contribution in [2.24, 2.45) is 0 Å². The first-order valence-electron chi connectivity index (χ1n) is 9.78. The Labute approximate surface area is 173 Å². The van der Waals surface area contributed by atoms with E-state index in [1.165, 1.54) is 5.69 Å². The number of halogens is 1. The van der Waals surface area contributed by atoms with E-state index in [4.69, 9.17) is 0 Å². The summed E-state index contributed by atoms with van der Waals surface area (Å²) in [5, 5.41) is 4.08. The molecule has 0 bridgehead atoms. The summed E-state index contributed by atoms with van der Waals surface area (Å²) in [5.74, 6) is -0.0405. The lowest BCUT2D eigenvalue weighted by Gasteiger charge is -2.36. The molecule has 0 atom stereocenters. The first-order valence-corrected chi connectivity index (χ1v) is 10.6. The van der Waals surface area contributed by atoms with E-state index in [2.05, 4.69) is 66.4 Å². The number of anilines is 1. The number of benzene rings is 2. The molecule has 3 aromatic rings. The normalized spacial score (nSPS) is 15.1. The fourth-order valence-electron chi connectivity index (χ4n) is 3.69. The molecule has 1 fully saturated rings. The predicted octanol–water partition coefficient (Wildman–Crippen LogP) is 3.87. The van der Waals surface area contributed by atoms with Gasteiger partial charge in [-0.1, -0.05) is 40.2 Å². The number of hydrogen-bond acceptors (Lipinski definition) is 3. The average Bonchev–Trinajstić information content (AvgIpc) is 3.15. The van der Waals surface area contributed by atoms with E-state index in [0.29, 0.717) is 12.2 Å². The minimum atomic E-state index is -0.0405. The number of amides is 1. The Balaban J connectivity index is 1.19. The maximum atomic E-state index is 12.4. The molecule has 146 valence electrons. The molecule has 1 amide bonds. The molecule has 4 rings (SSSR count). The van der Waals surface area contributed by atoms with Crippen LogP contribution in [0.5, 0.6) is 0 Å². The number of nitrogens with one attached hydrogen (secondary N) is 2. The summed E-state index contributed by atoms with van der Waals surface area (Å²) in [6.07, 6.45) is 0.961. The van der Waals surface area contributed by atoms with E-state index in [9.17, 15) is 4.79 Å². The number of aromatic nitrogens is 1. The molecule has 28 heavy (non-hydrogen) atoms. The zero-order chi connectivity index (χ0) is 19.3. The molecular formula is C22H25BrN4O. The fourth-order valence-corrected chi connectivity index (χ4v) is 4.05. The average molecular weight is 441 g/mol. The minimum absolute atomic E-state index is 0.0405. The molecule has 6 heteroatoms. The Bertz CT molecular complexity index is 932. The summed E-state index contributed by atoms with van der Waals surface area (Å²) in [5.41, 5.74) is 2.89. The first-order chi connectivity index (χ1) is 13.7. The van der Waals surface area contributed by atoms with Gasteiger partial charge in [0.2, 0.25) is 0 Å². The van der Waals surface area contributed by atoms with Crippen molar-refractivity contribution in [1.82, 2.24) is 15.2 Å². The van der Waals surface area contributed by atoms with Crippen molar-refractivity contribution in [1.29, 1.82) is 0 Å². The van der Waals surface area contributed by atoms with Crippen LogP contribution in [0.3, 0.4) is 0 Å². The van der Waals surface area contributed by atoms with Gasteiger partial charge in [-0.05, 0) is 43.3 Å². The number of rotatable bonds is 6. The number of carbonyl (C=O) groups excluding carboxylic acids is 1. The van der Waals surface area contributed by atoms with Gasteiger partial charge in [0.1, 0.15) is 5.69 Å². The van der Waals surface area contributed by atoms with Crippen molar-refractivity contribution >= 4 is 38.4 Å². The van der Waals surface area contributed by atoms with Crippen LogP contribution in [-0.4, -0.2) is 55.1 Å². The van der Waals surface area contributed by atoms with Crippen molar-refractivity contribution in [3.8, 4) is 0 Å². The van der Waals surface area contributed by atoms with Crippen LogP contribution < -0.4 is 10.2 Å². The Morgan fingerprint density at radius 3 is 2.61 bits per heavy atom. The van der Waals surface area contributed by atoms with Gasteiger partial charge in [0.15, 0.2) is 0 Å². The Hall–Kier alpha value is -2.31. The molecule has 1 saturated heterocycles. The SMILES string of the molecule is O=C(NCCCN1CCN(c2ccccc2)CC1)c1cc2ccc(Br)cc2[nH]1. The molecular weight excluding hydrogens is 416 g/mol. The third-order valence-corrected chi connectivity index (χ3v) is 5.75. The summed E-state index contributed by atoms with van der Waals surface area (Å²) in [7, 11) is 0. The van der Waals surface area contributed by atoms with Crippen LogP contribution in [0.2, 0.25) is 0 Å². The van der Waals surface area contributed by atoms with Crippen molar-refractivity contribution < 1.29 is 4.79 Å². The summed E-state index contributed by atoms with van der Waals surface area (Å²) in [6, 6.07) is 18.5. The predicted molar refractivity (Wildman–Crippen MR) is 118 cm³/mol. The molecule has 1 aromatic heterocycles. The maximum Gasteiger partial charge on any atom is 0.267 e. The number of para-hydroxylation sites is 1. The van der Waals surface area contributed by atoms with Gasteiger partial charge in [0.25, 0.3) is 5.91 Å². The zero-order valence-electron chi connectivity index (χ0n) is 15.8. The molecule has 0 saturated carbocycles. The van der Waals surface area contributed by atoms with Crippen LogP contribution in [0.1, 0.15) is 16.9 Å². The van der Waals surface area contributed by atoms with Crippen LogP contribution in [0, 0.1) is 0 Å². The standard InChI is InChI=1S/C22H25BrN4O/c23-18-8-7-17-15-21(25-20(17)16-18)22(28)24-9-4-10-26-11-13-27(14-12-26)19-5-2-1-3-6-19/h1-3,5-8,15-16,25H,4,9-14H2,(H,24,28). The van der Waals surface area contributed by atoms with Crippen LogP contribution >= 0.6 is 15.9 Å². The second-order valence-electron chi connectivity index (χ2n) is 7.19. The van der Waals surface area contributed by atoms with Gasteiger partial charge in [-0.25, -0.2) is 0 Å². The van der Waals surface area contributed by atoms with Crippen LogP contribution in [0.4, 0.5) is 5.69 Å². The summed E-state index contributed by atoms with van der Waals surface area (Å²) >= 11 is 3.46. The number of piperazine rings is 1. The monoisotopic (exact) mass is 440 g/mol. The number of H-pyrrole nitrogens is 1. The number of hydrogen-bond donors (Lipinski definition) is 2. The lowest BCUT2D eigenvalue weighted by Crippen LogP contribution is -2.47. The molecule has 2 N–H and O–H groups in total. The Kier molecular flexibility index (Phi) is 5.98. The van der Waals surface area contributed by atoms with Gasteiger partial charge in [0, 0.05) is 53.8 Å². The molecule has 1 aliphatic rings. The molecule has 1 aliphatic heterocycles. The first kappa shape index (κ1) is 19.0. The summed E-state index contributed by atoms with van der Waals surface area (Å²) in [6.45, 7) is 5.96. The van der Waals surface area contributed by atoms with E-state index in [1.54, 1.807) is 0 Å². The van der Waals surface area contributed by atoms with Crippen molar-refractivity contribution in [3.63, 3.8) is 0 Å². The molecule has 0 aliphatic carbocycles. The molecule has 2 aromatic carbocycles. The van der Waals surface area contributed by atoms with Gasteiger partial charge < -0.3 is 15.2 Å². The zero-order valence-corrected chi connectivity index (χ0v) is 17.4. The molecule has 0 unspecified atom stereocenters. The molecule has 5 nitrogen and oxygen atoms in total. The highest BCUT2D eigenvalue weighted by Crippen LogP contribution is 2.20. The van der Waals surface area contributed by atoms with Crippen molar-refractivity contribution in [2.45, 2.75) is 6.42 Å². The highest BCUT2D eigenvalue weighted by atomic mass is 79.9. The largest absolute Gasteiger partial charge is 0.369 e. The van der Waals surface area contributed by atoms with Gasteiger partial charge >= 0.3 is 0 Å². The molecule has 0 spiro atoms. The lowest BCUT2D eigenvalue weighted by atomic mass is 10.2. The minimum Gasteiger partial charge on any atom is -0.369 e. The highest BCUT2D eigenvalue weighted by molar-refractivity contribution is 9.10. The van der Waals surface area contributed by atoms with E-state index >= 15 is 0 Å². The summed E-state index contributed by atoms with van der Waals surface area (Å²) < 4.78 is 1.00. The topological polar surface area (TPSA) is 51.4 Å². The van der Waals surface area contributed by atoms with Crippen LogP contribution in [-0.2, 0) is 0 Å². The van der Waals surface area contributed by atoms with Crippen LogP contribution in [0.15, 0.2) is 59.1 Å². The van der Waals surface area contributed by atoms with Crippen molar-refractivity contribution in [2.75, 3.05) is 44.2 Å². The van der Waals surface area contributed by atoms with E-state index in [-0.39, 0.29) is 5.91 Å². The maximum absolute atomic E-state index is 12.4. The lowest BCUT2D eigenvalue weighted by molar-refractivity contribution is 0.0947. The molecule has 0 radical (unpaired) electrons. The van der Waals surface area contributed by atoms with Crippen LogP contribution in [0.25, 0.3) is 10.9 Å². The Morgan fingerprint density at radius 1 is 1.04 bits per heavy atom. The fraction of sp³-hybridized carbons (Fsp3) is 0.318. The molecule has 2 heterocycles. The number of carbonyl (C=O) groups is 1. The van der Waals surface area contributed by atoms with E-state index in [0.717, 1.165) is 54.5 Å². The van der Waals surface area contributed by atoms with Gasteiger partial charge in [-0.15, -0.1) is 0 Å². The van der Waals surface area contributed by atoms with Crippen molar-refractivity contribution in [3.05, 3.63) is 64.8 Å². The highest BCUT2D eigenvalue weighted by Gasteiger charge is 2.16. The second kappa shape index (κ2) is 8.80.